The van der Waals surface area contributed by atoms with Crippen LogP contribution < -0.4 is 24.4 Å². The number of hydrogen-bond donors (Lipinski definition) is 2. The number of nitrogens with one attached hydrogen (secondary N) is 2. The van der Waals surface area contributed by atoms with E-state index in [9.17, 15) is 18.0 Å². The van der Waals surface area contributed by atoms with Gasteiger partial charge in [0.05, 0.1) is 30.7 Å². The zero-order valence-corrected chi connectivity index (χ0v) is 19.1. The zero-order chi connectivity index (χ0) is 23.3. The molecular formula is C22H27N3O6S. The quantitative estimate of drug-likeness (QED) is 0.593. The van der Waals surface area contributed by atoms with Gasteiger partial charge in [0.15, 0.2) is 0 Å². The van der Waals surface area contributed by atoms with Crippen LogP contribution in [0.4, 0.5) is 11.4 Å². The van der Waals surface area contributed by atoms with E-state index in [4.69, 9.17) is 9.47 Å². The van der Waals surface area contributed by atoms with E-state index in [1.54, 1.807) is 18.2 Å². The van der Waals surface area contributed by atoms with Crippen molar-refractivity contribution in [3.05, 3.63) is 42.5 Å². The van der Waals surface area contributed by atoms with Crippen molar-refractivity contribution < 1.29 is 27.5 Å². The summed E-state index contributed by atoms with van der Waals surface area (Å²) in [5.74, 6) is 0.00858. The minimum atomic E-state index is -3.58. The van der Waals surface area contributed by atoms with E-state index in [0.29, 0.717) is 35.8 Å². The van der Waals surface area contributed by atoms with Crippen LogP contribution in [0.1, 0.15) is 19.8 Å². The smallest absolute Gasteiger partial charge is 0.240 e. The normalized spacial score (nSPS) is 16.2. The van der Waals surface area contributed by atoms with Crippen LogP contribution >= 0.6 is 0 Å². The second kappa shape index (κ2) is 10.0. The van der Waals surface area contributed by atoms with Crippen molar-refractivity contribution in [2.24, 2.45) is 5.92 Å². The third kappa shape index (κ3) is 5.20. The first-order chi connectivity index (χ1) is 15.3. The molecule has 0 radical (unpaired) electrons. The minimum absolute atomic E-state index is 0.0552. The van der Waals surface area contributed by atoms with Gasteiger partial charge < -0.3 is 19.7 Å². The van der Waals surface area contributed by atoms with E-state index in [0.717, 1.165) is 0 Å². The molecule has 0 bridgehead atoms. The molecule has 2 aromatic rings. The van der Waals surface area contributed by atoms with Gasteiger partial charge in [-0.25, -0.2) is 13.1 Å². The SMILES string of the molecule is CCCNS(=O)(=O)c1ccc(NC(=O)C2CC(=O)N(c3cc(OC)ccc3OC)C2)cc1. The number of hydrogen-bond acceptors (Lipinski definition) is 6. The van der Waals surface area contributed by atoms with Crippen LogP contribution in [-0.4, -0.2) is 47.5 Å². The van der Waals surface area contributed by atoms with Gasteiger partial charge in [0.2, 0.25) is 21.8 Å². The van der Waals surface area contributed by atoms with E-state index < -0.39 is 15.9 Å². The maximum atomic E-state index is 12.8. The maximum Gasteiger partial charge on any atom is 0.240 e. The number of ether oxygens (including phenoxy) is 2. The van der Waals surface area contributed by atoms with Gasteiger partial charge in [0.25, 0.3) is 0 Å². The van der Waals surface area contributed by atoms with Crippen LogP contribution in [0.5, 0.6) is 11.5 Å². The molecule has 1 atom stereocenters. The van der Waals surface area contributed by atoms with Crippen molar-refractivity contribution in [3.8, 4) is 11.5 Å². The molecule has 0 saturated carbocycles. The van der Waals surface area contributed by atoms with E-state index in [2.05, 4.69) is 10.0 Å². The molecule has 0 aliphatic carbocycles. The third-order valence-corrected chi connectivity index (χ3v) is 6.62. The fourth-order valence-electron chi connectivity index (χ4n) is 3.41. The molecule has 1 aliphatic heterocycles. The Balaban J connectivity index is 1.69. The maximum absolute atomic E-state index is 12.8. The van der Waals surface area contributed by atoms with E-state index in [1.165, 1.54) is 43.4 Å². The molecule has 10 heteroatoms. The molecule has 1 unspecified atom stereocenters. The highest BCUT2D eigenvalue weighted by atomic mass is 32.2. The fourth-order valence-corrected chi connectivity index (χ4v) is 4.54. The Morgan fingerprint density at radius 1 is 1.12 bits per heavy atom. The predicted molar refractivity (Wildman–Crippen MR) is 121 cm³/mol. The number of carbonyl (C=O) groups excluding carboxylic acids is 2. The van der Waals surface area contributed by atoms with Crippen LogP contribution in [0.15, 0.2) is 47.4 Å². The number of nitrogens with zero attached hydrogens (tertiary/aromatic N) is 1. The van der Waals surface area contributed by atoms with Crippen LogP contribution in [0.25, 0.3) is 0 Å². The largest absolute Gasteiger partial charge is 0.497 e. The van der Waals surface area contributed by atoms with Crippen LogP contribution in [-0.2, 0) is 19.6 Å². The molecule has 32 heavy (non-hydrogen) atoms. The summed E-state index contributed by atoms with van der Waals surface area (Å²) < 4.78 is 37.4. The highest BCUT2D eigenvalue weighted by molar-refractivity contribution is 7.89. The molecule has 2 N–H and O–H groups in total. The second-order valence-corrected chi connectivity index (χ2v) is 9.12. The Morgan fingerprint density at radius 3 is 2.47 bits per heavy atom. The molecule has 0 aromatic heterocycles. The molecule has 2 amide bonds. The molecule has 1 saturated heterocycles. The van der Waals surface area contributed by atoms with Crippen molar-refractivity contribution in [3.63, 3.8) is 0 Å². The van der Waals surface area contributed by atoms with E-state index in [-0.39, 0.29) is 29.7 Å². The lowest BCUT2D eigenvalue weighted by Gasteiger charge is -2.20. The van der Waals surface area contributed by atoms with Crippen LogP contribution in [0.3, 0.4) is 0 Å². The monoisotopic (exact) mass is 461 g/mol. The van der Waals surface area contributed by atoms with Gasteiger partial charge in [0, 0.05) is 31.3 Å². The molecule has 172 valence electrons. The lowest BCUT2D eigenvalue weighted by Crippen LogP contribution is -2.28. The van der Waals surface area contributed by atoms with Crippen molar-refractivity contribution in [1.82, 2.24) is 4.72 Å². The standard InChI is InChI=1S/C22H27N3O6S/c1-4-11-23-32(28,29)18-8-5-16(6-9-18)24-22(27)15-12-21(26)25(14-15)19-13-17(30-2)7-10-20(19)31-3/h5-10,13,15,23H,4,11-12,14H2,1-3H3,(H,24,27). The Bertz CT molecular complexity index is 1090. The number of carbonyl (C=O) groups is 2. The second-order valence-electron chi connectivity index (χ2n) is 7.35. The van der Waals surface area contributed by atoms with Crippen molar-refractivity contribution in [1.29, 1.82) is 0 Å². The van der Waals surface area contributed by atoms with Crippen LogP contribution in [0.2, 0.25) is 0 Å². The van der Waals surface area contributed by atoms with Gasteiger partial charge in [-0.05, 0) is 42.8 Å². The molecule has 1 heterocycles. The number of rotatable bonds is 9. The minimum Gasteiger partial charge on any atom is -0.497 e. The van der Waals surface area contributed by atoms with Gasteiger partial charge in [-0.2, -0.15) is 0 Å². The fraction of sp³-hybridized carbons (Fsp3) is 0.364. The lowest BCUT2D eigenvalue weighted by atomic mass is 10.1. The summed E-state index contributed by atoms with van der Waals surface area (Å²) in [5, 5.41) is 2.76. The van der Waals surface area contributed by atoms with Crippen molar-refractivity contribution >= 4 is 33.2 Å². The summed E-state index contributed by atoms with van der Waals surface area (Å²) in [7, 11) is -0.534. The number of methoxy groups -OCH3 is 2. The number of amides is 2. The van der Waals surface area contributed by atoms with Crippen LogP contribution in [0, 0.1) is 5.92 Å². The van der Waals surface area contributed by atoms with Crippen molar-refractivity contribution in [2.45, 2.75) is 24.7 Å². The van der Waals surface area contributed by atoms with Gasteiger partial charge in [-0.3, -0.25) is 9.59 Å². The lowest BCUT2D eigenvalue weighted by molar-refractivity contribution is -0.122. The average molecular weight is 462 g/mol. The van der Waals surface area contributed by atoms with Gasteiger partial charge in [-0.1, -0.05) is 6.92 Å². The first-order valence-corrected chi connectivity index (χ1v) is 11.7. The topological polar surface area (TPSA) is 114 Å². The van der Waals surface area contributed by atoms with Gasteiger partial charge >= 0.3 is 0 Å². The Morgan fingerprint density at radius 2 is 1.84 bits per heavy atom. The Kier molecular flexibility index (Phi) is 7.37. The summed E-state index contributed by atoms with van der Waals surface area (Å²) >= 11 is 0. The highest BCUT2D eigenvalue weighted by Crippen LogP contribution is 2.36. The summed E-state index contributed by atoms with van der Waals surface area (Å²) in [6, 6.07) is 11.1. The summed E-state index contributed by atoms with van der Waals surface area (Å²) in [6.07, 6.45) is 0.742. The first kappa shape index (κ1) is 23.6. The van der Waals surface area contributed by atoms with Gasteiger partial charge in [0.1, 0.15) is 11.5 Å². The average Bonchev–Trinajstić information content (AvgIpc) is 3.19. The van der Waals surface area contributed by atoms with E-state index >= 15 is 0 Å². The van der Waals surface area contributed by atoms with Gasteiger partial charge in [-0.15, -0.1) is 0 Å². The number of anilines is 2. The molecule has 0 spiro atoms. The zero-order valence-electron chi connectivity index (χ0n) is 18.3. The molecule has 1 fully saturated rings. The highest BCUT2D eigenvalue weighted by Gasteiger charge is 2.36. The third-order valence-electron chi connectivity index (χ3n) is 5.15. The predicted octanol–water partition coefficient (Wildman–Crippen LogP) is 2.38. The van der Waals surface area contributed by atoms with E-state index in [1.807, 2.05) is 6.92 Å². The van der Waals surface area contributed by atoms with Crippen molar-refractivity contribution in [2.75, 3.05) is 37.5 Å². The molecular weight excluding hydrogens is 434 g/mol. The summed E-state index contributed by atoms with van der Waals surface area (Å²) in [4.78, 5) is 27.0. The Labute approximate surface area is 187 Å². The number of benzene rings is 2. The molecule has 9 nitrogen and oxygen atoms in total. The Hall–Kier alpha value is -3.11. The molecule has 3 rings (SSSR count). The summed E-state index contributed by atoms with van der Waals surface area (Å²) in [6.45, 7) is 2.42. The molecule has 1 aliphatic rings. The number of sulfonamides is 1. The summed E-state index contributed by atoms with van der Waals surface area (Å²) in [5.41, 5.74) is 0.996. The first-order valence-electron chi connectivity index (χ1n) is 10.2. The molecule has 2 aromatic carbocycles.